The summed E-state index contributed by atoms with van der Waals surface area (Å²) in [5.74, 6) is -3.27. The van der Waals surface area contributed by atoms with E-state index in [-0.39, 0.29) is 6.61 Å². The molecule has 0 aromatic heterocycles. The normalized spacial score (nSPS) is 11.9. The van der Waals surface area contributed by atoms with Gasteiger partial charge in [-0.2, -0.15) is 0 Å². The van der Waals surface area contributed by atoms with Crippen molar-refractivity contribution in [1.82, 2.24) is 0 Å². The summed E-state index contributed by atoms with van der Waals surface area (Å²) in [5, 5.41) is 17.1. The molecule has 0 aliphatic carbocycles. The first-order chi connectivity index (χ1) is 8.01. The summed E-state index contributed by atoms with van der Waals surface area (Å²) in [4.78, 5) is 32.5. The summed E-state index contributed by atoms with van der Waals surface area (Å²) in [6.07, 6.45) is 0.961. The standard InChI is InChI=1S/C10H12O7/c1-2-5-16-8(13)3-4-9(14)17-10(15)7(12)6-11/h2-4,7,11-12H,1,5-6H2/b4-3+. The lowest BCUT2D eigenvalue weighted by Crippen LogP contribution is -2.28. The van der Waals surface area contributed by atoms with Crippen LogP contribution < -0.4 is 0 Å². The van der Waals surface area contributed by atoms with Crippen molar-refractivity contribution in [2.45, 2.75) is 6.10 Å². The van der Waals surface area contributed by atoms with Crippen LogP contribution in [0.3, 0.4) is 0 Å². The molecule has 0 aliphatic rings. The van der Waals surface area contributed by atoms with Crippen molar-refractivity contribution in [3.05, 3.63) is 24.8 Å². The lowest BCUT2D eigenvalue weighted by Gasteiger charge is -2.03. The second-order valence-electron chi connectivity index (χ2n) is 2.69. The van der Waals surface area contributed by atoms with E-state index in [0.717, 1.165) is 6.08 Å². The number of hydrogen-bond donors (Lipinski definition) is 2. The third kappa shape index (κ3) is 6.98. The highest BCUT2D eigenvalue weighted by molar-refractivity contribution is 5.97. The van der Waals surface area contributed by atoms with Crippen LogP contribution in [0.5, 0.6) is 0 Å². The van der Waals surface area contributed by atoms with Gasteiger partial charge in [-0.15, -0.1) is 0 Å². The Hall–Kier alpha value is -1.99. The minimum atomic E-state index is -1.79. The van der Waals surface area contributed by atoms with E-state index in [0.29, 0.717) is 6.08 Å². The van der Waals surface area contributed by atoms with Crippen LogP contribution >= 0.6 is 0 Å². The first kappa shape index (κ1) is 15.0. The number of carbonyl (C=O) groups excluding carboxylic acids is 3. The molecule has 17 heavy (non-hydrogen) atoms. The Morgan fingerprint density at radius 3 is 2.35 bits per heavy atom. The van der Waals surface area contributed by atoms with E-state index in [1.54, 1.807) is 0 Å². The maximum absolute atomic E-state index is 10.9. The molecule has 0 aromatic carbocycles. The summed E-state index contributed by atoms with van der Waals surface area (Å²) in [7, 11) is 0. The molecule has 94 valence electrons. The molecule has 0 amide bonds. The Kier molecular flexibility index (Phi) is 7.24. The van der Waals surface area contributed by atoms with Gasteiger partial charge < -0.3 is 19.7 Å². The van der Waals surface area contributed by atoms with E-state index in [4.69, 9.17) is 10.2 Å². The highest BCUT2D eigenvalue weighted by Crippen LogP contribution is 1.91. The maximum Gasteiger partial charge on any atom is 0.345 e. The molecular weight excluding hydrogens is 232 g/mol. The van der Waals surface area contributed by atoms with Gasteiger partial charge in [-0.25, -0.2) is 14.4 Å². The van der Waals surface area contributed by atoms with Crippen LogP contribution in [-0.2, 0) is 23.9 Å². The number of aliphatic hydroxyl groups is 2. The lowest BCUT2D eigenvalue weighted by atomic mass is 10.4. The molecule has 0 aromatic rings. The van der Waals surface area contributed by atoms with Crippen molar-refractivity contribution in [1.29, 1.82) is 0 Å². The number of carbonyl (C=O) groups is 3. The number of esters is 3. The molecule has 7 nitrogen and oxygen atoms in total. The maximum atomic E-state index is 10.9. The molecule has 0 bridgehead atoms. The Morgan fingerprint density at radius 2 is 1.82 bits per heavy atom. The topological polar surface area (TPSA) is 110 Å². The molecule has 0 radical (unpaired) electrons. The molecule has 0 heterocycles. The fourth-order valence-electron chi connectivity index (χ4n) is 0.601. The van der Waals surface area contributed by atoms with Crippen molar-refractivity contribution < 1.29 is 34.1 Å². The van der Waals surface area contributed by atoms with Gasteiger partial charge in [0.15, 0.2) is 6.10 Å². The number of rotatable bonds is 6. The first-order valence-electron chi connectivity index (χ1n) is 4.51. The fraction of sp³-hybridized carbons (Fsp3) is 0.300. The van der Waals surface area contributed by atoms with Crippen LogP contribution in [-0.4, -0.2) is 47.4 Å². The molecule has 0 saturated heterocycles. The summed E-state index contributed by atoms with van der Waals surface area (Å²) in [6, 6.07) is 0. The zero-order valence-corrected chi connectivity index (χ0v) is 8.87. The molecule has 2 N–H and O–H groups in total. The quantitative estimate of drug-likeness (QED) is 0.258. The van der Waals surface area contributed by atoms with Crippen molar-refractivity contribution in [2.75, 3.05) is 13.2 Å². The summed E-state index contributed by atoms with van der Waals surface area (Å²) in [5.41, 5.74) is 0. The Balaban J connectivity index is 4.09. The molecule has 0 fully saturated rings. The average Bonchev–Trinajstić information content (AvgIpc) is 2.32. The smallest absolute Gasteiger partial charge is 0.345 e. The second kappa shape index (κ2) is 8.20. The average molecular weight is 244 g/mol. The predicted octanol–water partition coefficient (Wildman–Crippen LogP) is -1.31. The highest BCUT2D eigenvalue weighted by atomic mass is 16.6. The van der Waals surface area contributed by atoms with Gasteiger partial charge in [-0.1, -0.05) is 12.7 Å². The van der Waals surface area contributed by atoms with Gasteiger partial charge in [0.25, 0.3) is 0 Å². The third-order valence-electron chi connectivity index (χ3n) is 1.35. The SMILES string of the molecule is C=CCOC(=O)/C=C/C(=O)OC(=O)C(O)CO. The molecule has 0 aliphatic heterocycles. The van der Waals surface area contributed by atoms with Gasteiger partial charge in [0.2, 0.25) is 0 Å². The van der Waals surface area contributed by atoms with E-state index >= 15 is 0 Å². The molecule has 1 atom stereocenters. The first-order valence-corrected chi connectivity index (χ1v) is 4.51. The van der Waals surface area contributed by atoms with E-state index in [1.807, 2.05) is 0 Å². The number of ether oxygens (including phenoxy) is 2. The van der Waals surface area contributed by atoms with Gasteiger partial charge in [0, 0.05) is 12.2 Å². The molecule has 0 spiro atoms. The lowest BCUT2D eigenvalue weighted by molar-refractivity contribution is -0.164. The van der Waals surface area contributed by atoms with Gasteiger partial charge in [-0.3, -0.25) is 0 Å². The zero-order chi connectivity index (χ0) is 13.3. The predicted molar refractivity (Wildman–Crippen MR) is 54.5 cm³/mol. The summed E-state index contributed by atoms with van der Waals surface area (Å²) < 4.78 is 8.54. The molecule has 1 unspecified atom stereocenters. The summed E-state index contributed by atoms with van der Waals surface area (Å²) in [6.45, 7) is 2.43. The van der Waals surface area contributed by atoms with Crippen molar-refractivity contribution in [2.24, 2.45) is 0 Å². The van der Waals surface area contributed by atoms with Gasteiger partial charge in [0.05, 0.1) is 6.61 Å². The number of hydrogen-bond acceptors (Lipinski definition) is 7. The Morgan fingerprint density at radius 1 is 1.24 bits per heavy atom. The highest BCUT2D eigenvalue weighted by Gasteiger charge is 2.17. The largest absolute Gasteiger partial charge is 0.458 e. The second-order valence-corrected chi connectivity index (χ2v) is 2.69. The zero-order valence-electron chi connectivity index (χ0n) is 8.87. The third-order valence-corrected chi connectivity index (χ3v) is 1.35. The number of aliphatic hydroxyl groups excluding tert-OH is 2. The van der Waals surface area contributed by atoms with Crippen molar-refractivity contribution in [3.8, 4) is 0 Å². The van der Waals surface area contributed by atoms with Gasteiger partial charge in [0.1, 0.15) is 6.61 Å². The fourth-order valence-corrected chi connectivity index (χ4v) is 0.601. The van der Waals surface area contributed by atoms with Crippen molar-refractivity contribution >= 4 is 17.9 Å². The molecule has 0 saturated carbocycles. The molecular formula is C10H12O7. The van der Waals surface area contributed by atoms with Crippen LogP contribution in [0.2, 0.25) is 0 Å². The van der Waals surface area contributed by atoms with Crippen LogP contribution in [0.15, 0.2) is 24.8 Å². The van der Waals surface area contributed by atoms with Gasteiger partial charge in [-0.05, 0) is 0 Å². The molecule has 0 rings (SSSR count). The van der Waals surface area contributed by atoms with E-state index in [1.165, 1.54) is 6.08 Å². The van der Waals surface area contributed by atoms with E-state index in [2.05, 4.69) is 16.1 Å². The minimum absolute atomic E-state index is 0.0135. The monoisotopic (exact) mass is 244 g/mol. The molecule has 7 heteroatoms. The van der Waals surface area contributed by atoms with Crippen molar-refractivity contribution in [3.63, 3.8) is 0 Å². The Labute approximate surface area is 96.9 Å². The van der Waals surface area contributed by atoms with Crippen LogP contribution in [0, 0.1) is 0 Å². The van der Waals surface area contributed by atoms with Gasteiger partial charge >= 0.3 is 17.9 Å². The Bertz CT molecular complexity index is 332. The van der Waals surface area contributed by atoms with Crippen LogP contribution in [0.1, 0.15) is 0 Å². The summed E-state index contributed by atoms with van der Waals surface area (Å²) >= 11 is 0. The van der Waals surface area contributed by atoms with E-state index in [9.17, 15) is 14.4 Å². The van der Waals surface area contributed by atoms with E-state index < -0.39 is 30.6 Å². The van der Waals surface area contributed by atoms with Crippen LogP contribution in [0.4, 0.5) is 0 Å². The minimum Gasteiger partial charge on any atom is -0.458 e. The van der Waals surface area contributed by atoms with Crippen LogP contribution in [0.25, 0.3) is 0 Å².